The van der Waals surface area contributed by atoms with Crippen molar-refractivity contribution >= 4 is 40.2 Å². The largest absolute Gasteiger partial charge is 0.273 e. The zero-order valence-electron chi connectivity index (χ0n) is 16.4. The fourth-order valence-electron chi connectivity index (χ4n) is 4.18. The lowest BCUT2D eigenvalue weighted by molar-refractivity contribution is -0.384. The van der Waals surface area contributed by atoms with Crippen molar-refractivity contribution in [2.75, 3.05) is 9.96 Å². The topological polar surface area (TPSA) is 93.0 Å². The van der Waals surface area contributed by atoms with E-state index in [1.807, 2.05) is 48.7 Å². The van der Waals surface area contributed by atoms with Gasteiger partial charge in [0.15, 0.2) is 6.10 Å². The van der Waals surface area contributed by atoms with Crippen molar-refractivity contribution in [2.45, 2.75) is 19.1 Å². The highest BCUT2D eigenvalue weighted by molar-refractivity contribution is 7.10. The summed E-state index contributed by atoms with van der Waals surface area (Å²) < 4.78 is 0. The number of anilines is 2. The van der Waals surface area contributed by atoms with E-state index in [9.17, 15) is 19.7 Å². The number of carbonyl (C=O) groups excluding carboxylic acids is 2. The third-order valence-electron chi connectivity index (χ3n) is 5.60. The zero-order chi connectivity index (χ0) is 21.7. The first-order valence-electron chi connectivity index (χ1n) is 9.64. The number of amides is 2. The molecule has 2 amide bonds. The lowest BCUT2D eigenvalue weighted by atomic mass is 9.95. The smallest absolute Gasteiger partial charge is 0.271 e. The number of nitrogens with zero attached hydrogens (tertiary/aromatic N) is 3. The van der Waals surface area contributed by atoms with Crippen molar-refractivity contribution in [1.82, 2.24) is 0 Å². The molecule has 0 bridgehead atoms. The summed E-state index contributed by atoms with van der Waals surface area (Å²) in [4.78, 5) is 45.3. The first kappa shape index (κ1) is 19.4. The van der Waals surface area contributed by atoms with E-state index in [1.165, 1.54) is 35.6 Å². The maximum Gasteiger partial charge on any atom is 0.271 e. The normalized spacial score (nSPS) is 22.8. The highest BCUT2D eigenvalue weighted by Gasteiger charge is 2.60. The third-order valence-corrected chi connectivity index (χ3v) is 6.54. The van der Waals surface area contributed by atoms with Gasteiger partial charge in [-0.25, -0.2) is 9.96 Å². The highest BCUT2D eigenvalue weighted by Crippen LogP contribution is 2.49. The van der Waals surface area contributed by atoms with Gasteiger partial charge in [0.2, 0.25) is 5.91 Å². The summed E-state index contributed by atoms with van der Waals surface area (Å²) in [7, 11) is 0. The first-order chi connectivity index (χ1) is 15.0. The number of para-hydroxylation sites is 1. The molecule has 0 unspecified atom stereocenters. The molecule has 0 N–H and O–H groups in total. The van der Waals surface area contributed by atoms with Gasteiger partial charge >= 0.3 is 0 Å². The molecule has 2 aromatic carbocycles. The zero-order valence-corrected chi connectivity index (χ0v) is 17.2. The van der Waals surface area contributed by atoms with Crippen LogP contribution in [0.1, 0.15) is 16.5 Å². The van der Waals surface area contributed by atoms with Crippen LogP contribution in [0.2, 0.25) is 0 Å². The Kier molecular flexibility index (Phi) is 4.57. The van der Waals surface area contributed by atoms with E-state index in [0.717, 1.165) is 21.0 Å². The number of hydroxylamine groups is 1. The number of thiophene rings is 1. The van der Waals surface area contributed by atoms with Gasteiger partial charge in [0.25, 0.3) is 11.6 Å². The SMILES string of the molecule is Cc1ccccc1N1O[C@@H]2C(=O)N(c3cccc([N+](=O)[O-])c3)C(=O)[C@@H]2[C@@H]1c1cccs1. The second-order valence-corrected chi connectivity index (χ2v) is 8.39. The van der Waals surface area contributed by atoms with Gasteiger partial charge in [-0.1, -0.05) is 30.3 Å². The minimum Gasteiger partial charge on any atom is -0.273 e. The molecule has 0 saturated carbocycles. The predicted octanol–water partition coefficient (Wildman–Crippen LogP) is 4.02. The number of imide groups is 1. The van der Waals surface area contributed by atoms with Crippen LogP contribution in [-0.2, 0) is 14.4 Å². The molecule has 8 nitrogen and oxygen atoms in total. The number of rotatable bonds is 4. The maximum atomic E-state index is 13.5. The molecule has 0 aliphatic carbocycles. The van der Waals surface area contributed by atoms with Crippen LogP contribution in [0.25, 0.3) is 0 Å². The molecule has 31 heavy (non-hydrogen) atoms. The van der Waals surface area contributed by atoms with Crippen molar-refractivity contribution in [2.24, 2.45) is 5.92 Å². The lowest BCUT2D eigenvalue weighted by Gasteiger charge is -2.28. The van der Waals surface area contributed by atoms with Gasteiger partial charge in [-0.05, 0) is 36.1 Å². The van der Waals surface area contributed by atoms with E-state index < -0.39 is 34.8 Å². The Morgan fingerprint density at radius 3 is 2.55 bits per heavy atom. The molecule has 3 aromatic rings. The van der Waals surface area contributed by atoms with E-state index >= 15 is 0 Å². The van der Waals surface area contributed by atoms with Gasteiger partial charge in [-0.15, -0.1) is 11.3 Å². The Bertz CT molecular complexity index is 1200. The predicted molar refractivity (Wildman–Crippen MR) is 115 cm³/mol. The summed E-state index contributed by atoms with van der Waals surface area (Å²) in [5.41, 5.74) is 1.74. The number of benzene rings is 2. The minimum atomic E-state index is -1.00. The molecule has 0 radical (unpaired) electrons. The molecule has 0 spiro atoms. The Balaban J connectivity index is 1.57. The van der Waals surface area contributed by atoms with Gasteiger partial charge in [0.1, 0.15) is 12.0 Å². The van der Waals surface area contributed by atoms with E-state index in [4.69, 9.17) is 4.84 Å². The number of nitro groups is 1. The average molecular weight is 435 g/mol. The molecule has 1 aromatic heterocycles. The van der Waals surface area contributed by atoms with Gasteiger partial charge in [-0.3, -0.25) is 24.5 Å². The summed E-state index contributed by atoms with van der Waals surface area (Å²) in [6.07, 6.45) is -1.00. The van der Waals surface area contributed by atoms with Crippen molar-refractivity contribution in [1.29, 1.82) is 0 Å². The summed E-state index contributed by atoms with van der Waals surface area (Å²) in [6, 6.07) is 16.5. The van der Waals surface area contributed by atoms with Crippen LogP contribution in [0.15, 0.2) is 66.0 Å². The van der Waals surface area contributed by atoms with Crippen molar-refractivity contribution in [3.8, 4) is 0 Å². The lowest BCUT2D eigenvalue weighted by Crippen LogP contribution is -2.37. The minimum absolute atomic E-state index is 0.176. The van der Waals surface area contributed by atoms with Crippen LogP contribution in [0, 0.1) is 23.0 Å². The molecule has 3 heterocycles. The maximum absolute atomic E-state index is 13.5. The number of aryl methyl sites for hydroxylation is 1. The molecule has 3 atom stereocenters. The summed E-state index contributed by atoms with van der Waals surface area (Å²) in [5, 5.41) is 14.7. The fourth-order valence-corrected chi connectivity index (χ4v) is 5.04. The molecule has 2 fully saturated rings. The van der Waals surface area contributed by atoms with E-state index in [-0.39, 0.29) is 11.4 Å². The summed E-state index contributed by atoms with van der Waals surface area (Å²) in [6.45, 7) is 1.94. The van der Waals surface area contributed by atoms with E-state index in [2.05, 4.69) is 0 Å². The van der Waals surface area contributed by atoms with Crippen LogP contribution >= 0.6 is 11.3 Å². The summed E-state index contributed by atoms with van der Waals surface area (Å²) >= 11 is 1.49. The van der Waals surface area contributed by atoms with E-state index in [0.29, 0.717) is 0 Å². The van der Waals surface area contributed by atoms with Crippen molar-refractivity contribution < 1.29 is 19.3 Å². The average Bonchev–Trinajstić information content (AvgIpc) is 3.46. The molecule has 2 saturated heterocycles. The first-order valence-corrected chi connectivity index (χ1v) is 10.5. The van der Waals surface area contributed by atoms with Crippen molar-refractivity contribution in [3.63, 3.8) is 0 Å². The third kappa shape index (κ3) is 3.01. The van der Waals surface area contributed by atoms with Gasteiger partial charge in [0.05, 0.1) is 16.3 Å². The number of fused-ring (bicyclic) bond motifs is 1. The number of non-ortho nitro benzene ring substituents is 1. The molecule has 2 aliphatic heterocycles. The molecule has 9 heteroatoms. The van der Waals surface area contributed by atoms with Crippen LogP contribution in [0.4, 0.5) is 17.1 Å². The second-order valence-electron chi connectivity index (χ2n) is 7.41. The van der Waals surface area contributed by atoms with Gasteiger partial charge < -0.3 is 0 Å². The quantitative estimate of drug-likeness (QED) is 0.349. The van der Waals surface area contributed by atoms with E-state index in [1.54, 1.807) is 5.06 Å². The Morgan fingerprint density at radius 1 is 1.03 bits per heavy atom. The highest BCUT2D eigenvalue weighted by atomic mass is 32.1. The molecule has 2 aliphatic rings. The summed E-state index contributed by atoms with van der Waals surface area (Å²) in [5.74, 6) is -1.71. The van der Waals surface area contributed by atoms with Crippen molar-refractivity contribution in [3.05, 3.63) is 86.6 Å². The molecule has 156 valence electrons. The fraction of sp³-hybridized carbons (Fsp3) is 0.182. The number of carbonyl (C=O) groups is 2. The molecular formula is C22H17N3O5S. The van der Waals surface area contributed by atoms with Gasteiger partial charge in [-0.2, -0.15) is 0 Å². The second kappa shape index (κ2) is 7.29. The number of hydrogen-bond acceptors (Lipinski definition) is 7. The Labute approximate surface area is 181 Å². The van der Waals surface area contributed by atoms with Crippen LogP contribution in [0.3, 0.4) is 0 Å². The molecular weight excluding hydrogens is 418 g/mol. The monoisotopic (exact) mass is 435 g/mol. The Hall–Kier alpha value is -3.56. The Morgan fingerprint density at radius 2 is 1.84 bits per heavy atom. The number of hydrogen-bond donors (Lipinski definition) is 0. The molecule has 5 rings (SSSR count). The standard InChI is InChI=1S/C22H17N3O5S/c1-13-6-2-3-9-16(13)24-19(17-10-5-11-31-17)18-20(30-24)22(27)23(21(18)26)14-7-4-8-15(12-14)25(28)29/h2-12,18-20H,1H3/t18-,19+,20+/m1/s1. The van der Waals surface area contributed by atoms with Crippen LogP contribution in [-0.4, -0.2) is 22.8 Å². The van der Waals surface area contributed by atoms with Gasteiger partial charge in [0, 0.05) is 17.0 Å². The number of nitro benzene ring substituents is 1. The van der Waals surface area contributed by atoms with Crippen LogP contribution in [0.5, 0.6) is 0 Å². The van der Waals surface area contributed by atoms with Crippen LogP contribution < -0.4 is 9.96 Å².